The van der Waals surface area contributed by atoms with Crippen molar-refractivity contribution in [3.05, 3.63) is 34.9 Å². The Morgan fingerprint density at radius 3 is 2.38 bits per heavy atom. The van der Waals surface area contributed by atoms with Crippen LogP contribution in [0.5, 0.6) is 5.88 Å². The van der Waals surface area contributed by atoms with Gasteiger partial charge in [0.2, 0.25) is 5.88 Å². The predicted octanol–water partition coefficient (Wildman–Crippen LogP) is 3.56. The minimum absolute atomic E-state index is 0.139. The number of rotatable bonds is 7. The van der Waals surface area contributed by atoms with Crippen LogP contribution in [0.3, 0.4) is 0 Å². The van der Waals surface area contributed by atoms with E-state index in [0.29, 0.717) is 19.0 Å². The largest absolute Gasteiger partial charge is 0.473 e. The number of aromatic amines is 1. The summed E-state index contributed by atoms with van der Waals surface area (Å²) < 4.78 is 11.4. The Bertz CT molecular complexity index is 672. The number of aryl methyl sites for hydroxylation is 2. The van der Waals surface area contributed by atoms with Crippen LogP contribution in [0.25, 0.3) is 11.3 Å². The SMILES string of the molecule is COC(C)(C)COc1n[nH]c(-c2cc(C)cc(C)c2)c1[C@H](C)CN. The molecule has 2 aromatic rings. The van der Waals surface area contributed by atoms with Crippen LogP contribution in [0.2, 0.25) is 0 Å². The molecular weight excluding hydrogens is 302 g/mol. The van der Waals surface area contributed by atoms with Crippen LogP contribution in [0, 0.1) is 13.8 Å². The molecule has 24 heavy (non-hydrogen) atoms. The highest BCUT2D eigenvalue weighted by Gasteiger charge is 2.24. The summed E-state index contributed by atoms with van der Waals surface area (Å²) >= 11 is 0. The topological polar surface area (TPSA) is 73.2 Å². The third-order valence-corrected chi connectivity index (χ3v) is 4.23. The first-order valence-electron chi connectivity index (χ1n) is 8.32. The van der Waals surface area contributed by atoms with Gasteiger partial charge in [0.25, 0.3) is 0 Å². The van der Waals surface area contributed by atoms with E-state index >= 15 is 0 Å². The van der Waals surface area contributed by atoms with E-state index in [2.05, 4.69) is 49.2 Å². The first-order chi connectivity index (χ1) is 11.3. The van der Waals surface area contributed by atoms with E-state index < -0.39 is 0 Å². The van der Waals surface area contributed by atoms with Gasteiger partial charge in [0, 0.05) is 24.2 Å². The van der Waals surface area contributed by atoms with E-state index in [4.69, 9.17) is 15.2 Å². The quantitative estimate of drug-likeness (QED) is 0.813. The molecule has 0 saturated carbocycles. The van der Waals surface area contributed by atoms with Gasteiger partial charge >= 0.3 is 0 Å². The van der Waals surface area contributed by atoms with Gasteiger partial charge < -0.3 is 15.2 Å². The molecule has 0 unspecified atom stereocenters. The second kappa shape index (κ2) is 7.36. The van der Waals surface area contributed by atoms with Crippen molar-refractivity contribution in [2.75, 3.05) is 20.3 Å². The predicted molar refractivity (Wildman–Crippen MR) is 97.6 cm³/mol. The molecule has 0 fully saturated rings. The molecule has 0 aliphatic carbocycles. The van der Waals surface area contributed by atoms with E-state index in [-0.39, 0.29) is 11.5 Å². The highest BCUT2D eigenvalue weighted by molar-refractivity contribution is 5.67. The summed E-state index contributed by atoms with van der Waals surface area (Å²) in [6.07, 6.45) is 0. The molecule has 5 heteroatoms. The summed E-state index contributed by atoms with van der Waals surface area (Å²) in [6, 6.07) is 6.46. The fourth-order valence-corrected chi connectivity index (χ4v) is 2.66. The molecule has 0 aliphatic rings. The molecule has 1 aromatic carbocycles. The lowest BCUT2D eigenvalue weighted by atomic mass is 9.96. The van der Waals surface area contributed by atoms with Crippen molar-refractivity contribution in [2.45, 2.75) is 46.1 Å². The number of hydrogen-bond acceptors (Lipinski definition) is 4. The third kappa shape index (κ3) is 4.16. The Morgan fingerprint density at radius 1 is 1.21 bits per heavy atom. The van der Waals surface area contributed by atoms with Crippen LogP contribution >= 0.6 is 0 Å². The van der Waals surface area contributed by atoms with Gasteiger partial charge in [0.05, 0.1) is 11.3 Å². The van der Waals surface area contributed by atoms with Gasteiger partial charge in [-0.25, -0.2) is 0 Å². The van der Waals surface area contributed by atoms with E-state index in [0.717, 1.165) is 16.8 Å². The van der Waals surface area contributed by atoms with Crippen molar-refractivity contribution >= 4 is 0 Å². The normalized spacial score (nSPS) is 13.1. The molecule has 1 aromatic heterocycles. The molecule has 0 aliphatic heterocycles. The number of nitrogens with one attached hydrogen (secondary N) is 1. The number of nitrogens with two attached hydrogens (primary N) is 1. The zero-order valence-electron chi connectivity index (χ0n) is 15.6. The van der Waals surface area contributed by atoms with E-state index in [1.54, 1.807) is 7.11 Å². The monoisotopic (exact) mass is 331 g/mol. The number of aromatic nitrogens is 2. The minimum Gasteiger partial charge on any atom is -0.473 e. The summed E-state index contributed by atoms with van der Waals surface area (Å²) in [5.74, 6) is 0.743. The van der Waals surface area contributed by atoms with Gasteiger partial charge in [0.15, 0.2) is 0 Å². The lowest BCUT2D eigenvalue weighted by molar-refractivity contribution is -0.0160. The van der Waals surface area contributed by atoms with Crippen molar-refractivity contribution in [1.29, 1.82) is 0 Å². The fraction of sp³-hybridized carbons (Fsp3) is 0.526. The van der Waals surface area contributed by atoms with Crippen LogP contribution < -0.4 is 10.5 Å². The van der Waals surface area contributed by atoms with Gasteiger partial charge in [-0.15, -0.1) is 5.10 Å². The number of nitrogens with zero attached hydrogens (tertiary/aromatic N) is 1. The standard InChI is InChI=1S/C19H29N3O2/c1-12-7-13(2)9-15(8-12)17-16(14(3)10-20)18(22-21-17)24-11-19(4,5)23-6/h7-9,14H,10-11,20H2,1-6H3,(H,21,22)/t14-/m1/s1. The summed E-state index contributed by atoms with van der Waals surface area (Å²) in [5.41, 5.74) is 11.1. The lowest BCUT2D eigenvalue weighted by Gasteiger charge is -2.23. The maximum atomic E-state index is 5.96. The average Bonchev–Trinajstić information content (AvgIpc) is 2.95. The Balaban J connectivity index is 2.42. The summed E-state index contributed by atoms with van der Waals surface area (Å²) in [5, 5.41) is 7.54. The summed E-state index contributed by atoms with van der Waals surface area (Å²) in [6.45, 7) is 11.2. The second-order valence-corrected chi connectivity index (χ2v) is 7.08. The van der Waals surface area contributed by atoms with Crippen LogP contribution in [0.1, 0.15) is 43.4 Å². The number of ether oxygens (including phenoxy) is 2. The molecule has 0 radical (unpaired) electrons. The number of hydrogen-bond donors (Lipinski definition) is 2. The molecule has 1 heterocycles. The van der Waals surface area contributed by atoms with Crippen LogP contribution in [0.4, 0.5) is 0 Å². The van der Waals surface area contributed by atoms with Crippen molar-refractivity contribution < 1.29 is 9.47 Å². The Labute approximate surface area is 144 Å². The van der Waals surface area contributed by atoms with Gasteiger partial charge in [-0.05, 0) is 46.4 Å². The fourth-order valence-electron chi connectivity index (χ4n) is 2.66. The van der Waals surface area contributed by atoms with Gasteiger partial charge in [-0.2, -0.15) is 0 Å². The zero-order valence-corrected chi connectivity index (χ0v) is 15.6. The minimum atomic E-state index is -0.373. The Morgan fingerprint density at radius 2 is 1.83 bits per heavy atom. The van der Waals surface area contributed by atoms with Crippen molar-refractivity contribution in [3.8, 4) is 17.1 Å². The van der Waals surface area contributed by atoms with E-state index in [1.165, 1.54) is 11.1 Å². The molecule has 2 rings (SSSR count). The van der Waals surface area contributed by atoms with Gasteiger partial charge in [-0.3, -0.25) is 5.10 Å². The average molecular weight is 331 g/mol. The molecular formula is C19H29N3O2. The number of methoxy groups -OCH3 is 1. The molecule has 0 bridgehead atoms. The van der Waals surface area contributed by atoms with Crippen molar-refractivity contribution in [2.24, 2.45) is 5.73 Å². The van der Waals surface area contributed by atoms with Gasteiger partial charge in [0.1, 0.15) is 6.61 Å². The second-order valence-electron chi connectivity index (χ2n) is 7.08. The zero-order chi connectivity index (χ0) is 17.9. The summed E-state index contributed by atoms with van der Waals surface area (Å²) in [7, 11) is 1.68. The molecule has 3 N–H and O–H groups in total. The summed E-state index contributed by atoms with van der Waals surface area (Å²) in [4.78, 5) is 0. The Hall–Kier alpha value is -1.85. The van der Waals surface area contributed by atoms with Crippen LogP contribution in [0.15, 0.2) is 18.2 Å². The molecule has 1 atom stereocenters. The maximum absolute atomic E-state index is 5.96. The molecule has 0 amide bonds. The maximum Gasteiger partial charge on any atom is 0.236 e. The van der Waals surface area contributed by atoms with Crippen molar-refractivity contribution in [3.63, 3.8) is 0 Å². The van der Waals surface area contributed by atoms with Crippen LogP contribution in [-0.2, 0) is 4.74 Å². The van der Waals surface area contributed by atoms with Crippen LogP contribution in [-0.4, -0.2) is 36.1 Å². The number of benzene rings is 1. The lowest BCUT2D eigenvalue weighted by Crippen LogP contribution is -2.31. The number of H-pyrrole nitrogens is 1. The van der Waals surface area contributed by atoms with Crippen molar-refractivity contribution in [1.82, 2.24) is 10.2 Å². The molecule has 0 saturated heterocycles. The Kier molecular flexibility index (Phi) is 5.67. The third-order valence-electron chi connectivity index (χ3n) is 4.23. The van der Waals surface area contributed by atoms with Gasteiger partial charge in [-0.1, -0.05) is 24.1 Å². The smallest absolute Gasteiger partial charge is 0.236 e. The van der Waals surface area contributed by atoms with E-state index in [1.807, 2.05) is 13.8 Å². The highest BCUT2D eigenvalue weighted by Crippen LogP contribution is 2.35. The first kappa shape index (κ1) is 18.5. The molecule has 132 valence electrons. The van der Waals surface area contributed by atoms with E-state index in [9.17, 15) is 0 Å². The molecule has 0 spiro atoms. The highest BCUT2D eigenvalue weighted by atomic mass is 16.5. The molecule has 5 nitrogen and oxygen atoms in total. The first-order valence-corrected chi connectivity index (χ1v) is 8.32.